The minimum absolute atomic E-state index is 0.312. The van der Waals surface area contributed by atoms with Crippen LogP contribution < -0.4 is 20.5 Å². The molecule has 0 fully saturated rings. The van der Waals surface area contributed by atoms with E-state index < -0.39 is 6.29 Å². The van der Waals surface area contributed by atoms with Crippen LogP contribution in [0, 0.1) is 0 Å². The Morgan fingerprint density at radius 1 is 1.32 bits per heavy atom. The topological polar surface area (TPSA) is 82.8 Å². The number of hydrogen-bond donors (Lipinski definition) is 2. The molecular weight excluding hydrogens is 248 g/mol. The number of nitrogens with two attached hydrogens (primary N) is 1. The Bertz CT molecular complexity index is 381. The third-order valence-corrected chi connectivity index (χ3v) is 2.23. The largest absolute Gasteiger partial charge is 0.492 e. The Balaban J connectivity index is 2.57. The van der Waals surface area contributed by atoms with Gasteiger partial charge in [-0.1, -0.05) is 0 Å². The molecule has 3 N–H and O–H groups in total. The molecule has 19 heavy (non-hydrogen) atoms. The predicted molar refractivity (Wildman–Crippen MR) is 71.1 cm³/mol. The lowest BCUT2D eigenvalue weighted by molar-refractivity contribution is -0.147. The molecular formula is C13H20N2O4. The van der Waals surface area contributed by atoms with Crippen molar-refractivity contribution in [2.75, 3.05) is 26.8 Å². The van der Waals surface area contributed by atoms with Crippen molar-refractivity contribution in [1.82, 2.24) is 5.32 Å². The fraction of sp³-hybridized carbons (Fsp3) is 0.462. The monoisotopic (exact) mass is 268 g/mol. The molecule has 1 aromatic carbocycles. The average molecular weight is 268 g/mol. The summed E-state index contributed by atoms with van der Waals surface area (Å²) < 4.78 is 15.7. The van der Waals surface area contributed by atoms with Gasteiger partial charge in [0.15, 0.2) is 0 Å². The van der Waals surface area contributed by atoms with Crippen molar-refractivity contribution in [3.8, 4) is 11.5 Å². The van der Waals surface area contributed by atoms with E-state index in [1.54, 1.807) is 24.3 Å². The highest BCUT2D eigenvalue weighted by molar-refractivity contribution is 5.79. The summed E-state index contributed by atoms with van der Waals surface area (Å²) in [6, 6.07) is 6.90. The Morgan fingerprint density at radius 3 is 2.47 bits per heavy atom. The molecule has 1 amide bonds. The molecule has 6 nitrogen and oxygen atoms in total. The lowest BCUT2D eigenvalue weighted by Crippen LogP contribution is -2.39. The summed E-state index contributed by atoms with van der Waals surface area (Å²) in [5.74, 6) is 0.913. The van der Waals surface area contributed by atoms with Gasteiger partial charge in [0.1, 0.15) is 18.1 Å². The van der Waals surface area contributed by atoms with Gasteiger partial charge >= 0.3 is 0 Å². The van der Waals surface area contributed by atoms with Gasteiger partial charge in [0.2, 0.25) is 0 Å². The van der Waals surface area contributed by atoms with Crippen molar-refractivity contribution in [1.29, 1.82) is 0 Å². The van der Waals surface area contributed by atoms with Gasteiger partial charge in [-0.25, -0.2) is 0 Å². The van der Waals surface area contributed by atoms with Crippen LogP contribution in [0.25, 0.3) is 0 Å². The van der Waals surface area contributed by atoms with Crippen LogP contribution in [0.3, 0.4) is 0 Å². The second-order valence-corrected chi connectivity index (χ2v) is 3.69. The normalized spacial score (nSPS) is 11.7. The number of nitrogens with one attached hydrogen (secondary N) is 1. The van der Waals surface area contributed by atoms with Gasteiger partial charge in [-0.2, -0.15) is 0 Å². The maximum atomic E-state index is 11.6. The fourth-order valence-electron chi connectivity index (χ4n) is 1.38. The fourth-order valence-corrected chi connectivity index (χ4v) is 1.38. The number of carbonyl (C=O) groups is 1. The molecule has 0 aliphatic rings. The first-order valence-corrected chi connectivity index (χ1v) is 6.11. The van der Waals surface area contributed by atoms with Gasteiger partial charge in [-0.05, 0) is 31.2 Å². The average Bonchev–Trinajstić information content (AvgIpc) is 2.44. The summed E-state index contributed by atoms with van der Waals surface area (Å²) in [5.41, 5.74) is 5.34. The second-order valence-electron chi connectivity index (χ2n) is 3.69. The number of methoxy groups -OCH3 is 1. The third-order valence-electron chi connectivity index (χ3n) is 2.23. The Hall–Kier alpha value is -1.79. The van der Waals surface area contributed by atoms with Gasteiger partial charge in [0.25, 0.3) is 12.2 Å². The van der Waals surface area contributed by atoms with E-state index in [0.29, 0.717) is 31.2 Å². The molecule has 1 atom stereocenters. The highest BCUT2D eigenvalue weighted by atomic mass is 16.7. The lowest BCUT2D eigenvalue weighted by Gasteiger charge is -2.16. The maximum Gasteiger partial charge on any atom is 0.289 e. The van der Waals surface area contributed by atoms with E-state index in [9.17, 15) is 4.79 Å². The van der Waals surface area contributed by atoms with E-state index in [2.05, 4.69) is 5.32 Å². The van der Waals surface area contributed by atoms with E-state index in [4.69, 9.17) is 19.9 Å². The Morgan fingerprint density at radius 2 is 1.95 bits per heavy atom. The van der Waals surface area contributed by atoms with Gasteiger partial charge < -0.3 is 25.3 Å². The zero-order chi connectivity index (χ0) is 14.1. The molecule has 0 heterocycles. The molecule has 0 aromatic heterocycles. The van der Waals surface area contributed by atoms with Crippen LogP contribution in [-0.2, 0) is 9.53 Å². The molecule has 0 spiro atoms. The number of likely N-dealkylation sites (N-methyl/N-ethyl adjacent to an activating group) is 1. The molecule has 0 saturated carbocycles. The van der Waals surface area contributed by atoms with Gasteiger partial charge in [0.05, 0.1) is 0 Å². The zero-order valence-corrected chi connectivity index (χ0v) is 11.2. The number of benzene rings is 1. The van der Waals surface area contributed by atoms with Crippen molar-refractivity contribution in [2.24, 2.45) is 5.73 Å². The van der Waals surface area contributed by atoms with Gasteiger partial charge in [-0.3, -0.25) is 4.79 Å². The van der Waals surface area contributed by atoms with Crippen LogP contribution in [0.1, 0.15) is 6.92 Å². The van der Waals surface area contributed by atoms with Crippen LogP contribution in [0.2, 0.25) is 0 Å². The standard InChI is InChI=1S/C13H20N2O4/c1-3-15-12(16)13(17-2)19-11-6-4-10(5-7-11)18-9-8-14/h4-7,13H,3,8-9,14H2,1-2H3,(H,15,16). The first-order valence-electron chi connectivity index (χ1n) is 6.11. The number of rotatable bonds is 8. The molecule has 106 valence electrons. The molecule has 0 radical (unpaired) electrons. The van der Waals surface area contributed by atoms with Crippen molar-refractivity contribution < 1.29 is 19.0 Å². The van der Waals surface area contributed by atoms with E-state index in [0.717, 1.165) is 0 Å². The van der Waals surface area contributed by atoms with E-state index >= 15 is 0 Å². The zero-order valence-electron chi connectivity index (χ0n) is 11.2. The van der Waals surface area contributed by atoms with Crippen molar-refractivity contribution in [2.45, 2.75) is 13.2 Å². The molecule has 0 aliphatic heterocycles. The van der Waals surface area contributed by atoms with Crippen molar-refractivity contribution in [3.05, 3.63) is 24.3 Å². The number of carbonyl (C=O) groups excluding carboxylic acids is 1. The smallest absolute Gasteiger partial charge is 0.289 e. The number of hydrogen-bond acceptors (Lipinski definition) is 5. The van der Waals surface area contributed by atoms with Crippen LogP contribution >= 0.6 is 0 Å². The Kier molecular flexibility index (Phi) is 6.70. The molecule has 6 heteroatoms. The minimum atomic E-state index is -0.962. The maximum absolute atomic E-state index is 11.6. The quantitative estimate of drug-likeness (QED) is 0.671. The molecule has 1 rings (SSSR count). The second kappa shape index (κ2) is 8.34. The van der Waals surface area contributed by atoms with Crippen LogP contribution in [0.5, 0.6) is 11.5 Å². The first kappa shape index (κ1) is 15.3. The van der Waals surface area contributed by atoms with Crippen molar-refractivity contribution >= 4 is 5.91 Å². The van der Waals surface area contributed by atoms with E-state index in [1.165, 1.54) is 7.11 Å². The molecule has 0 aliphatic carbocycles. The summed E-state index contributed by atoms with van der Waals surface area (Å²) >= 11 is 0. The first-order chi connectivity index (χ1) is 9.21. The molecule has 0 bridgehead atoms. The van der Waals surface area contributed by atoms with E-state index in [-0.39, 0.29) is 5.91 Å². The van der Waals surface area contributed by atoms with Crippen LogP contribution in [0.4, 0.5) is 0 Å². The van der Waals surface area contributed by atoms with Crippen LogP contribution in [0.15, 0.2) is 24.3 Å². The summed E-state index contributed by atoms with van der Waals surface area (Å²) in [4.78, 5) is 11.6. The highest BCUT2D eigenvalue weighted by Crippen LogP contribution is 2.18. The summed E-state index contributed by atoms with van der Waals surface area (Å²) in [6.45, 7) is 3.27. The summed E-state index contributed by atoms with van der Waals surface area (Å²) in [6.07, 6.45) is -0.962. The summed E-state index contributed by atoms with van der Waals surface area (Å²) in [7, 11) is 1.42. The molecule has 1 unspecified atom stereocenters. The molecule has 0 saturated heterocycles. The van der Waals surface area contributed by atoms with Gasteiger partial charge in [0, 0.05) is 20.2 Å². The van der Waals surface area contributed by atoms with Crippen molar-refractivity contribution in [3.63, 3.8) is 0 Å². The SMILES string of the molecule is CCNC(=O)C(OC)Oc1ccc(OCCN)cc1. The van der Waals surface area contributed by atoms with Gasteiger partial charge in [-0.15, -0.1) is 0 Å². The highest BCUT2D eigenvalue weighted by Gasteiger charge is 2.18. The predicted octanol–water partition coefficient (Wildman–Crippen LogP) is 0.511. The third kappa shape index (κ3) is 5.15. The Labute approximate surface area is 112 Å². The van der Waals surface area contributed by atoms with Crippen LogP contribution in [-0.4, -0.2) is 39.0 Å². The van der Waals surface area contributed by atoms with E-state index in [1.807, 2.05) is 6.92 Å². The lowest BCUT2D eigenvalue weighted by atomic mass is 10.3. The number of amides is 1. The molecule has 1 aromatic rings. The number of ether oxygens (including phenoxy) is 3. The summed E-state index contributed by atoms with van der Waals surface area (Å²) in [5, 5.41) is 2.63. The minimum Gasteiger partial charge on any atom is -0.492 e.